The van der Waals surface area contributed by atoms with Gasteiger partial charge in [0.2, 0.25) is 0 Å². The van der Waals surface area contributed by atoms with E-state index in [1.807, 2.05) is 0 Å². The smallest absolute Gasteiger partial charge is 0.450 e. The molecule has 8 heavy (non-hydrogen) atoms. The summed E-state index contributed by atoms with van der Waals surface area (Å²) in [7, 11) is 0. The van der Waals surface area contributed by atoms with Gasteiger partial charge in [-0.3, -0.25) is 0 Å². The first kappa shape index (κ1) is 16.3. The van der Waals surface area contributed by atoms with Crippen molar-refractivity contribution in [2.24, 2.45) is 0 Å². The maximum absolute atomic E-state index is 8.56. The third kappa shape index (κ3) is 14.7. The van der Waals surface area contributed by atoms with E-state index in [1.165, 1.54) is 0 Å². The fourth-order valence-electron chi connectivity index (χ4n) is 0. The fraction of sp³-hybridized carbons (Fsp3) is 0. The quantitative estimate of drug-likeness (QED) is 0.479. The lowest BCUT2D eigenvalue weighted by Crippen LogP contribution is -1.81. The first-order valence-corrected chi connectivity index (χ1v) is 1.17. The monoisotopic (exact) mass is 116 g/mol. The molecule has 0 spiro atoms. The molecular formula is C3H4N2O3. The molecule has 5 nitrogen and oxygen atoms in total. The molecule has 0 heterocycles. The normalized spacial score (nSPS) is 3.50. The van der Waals surface area contributed by atoms with Crippen LogP contribution < -0.4 is 0 Å². The van der Waals surface area contributed by atoms with Crippen LogP contribution in [-0.4, -0.2) is 16.4 Å². The summed E-state index contributed by atoms with van der Waals surface area (Å²) in [4.78, 5) is 8.56. The summed E-state index contributed by atoms with van der Waals surface area (Å²) in [5.74, 6) is 0. The van der Waals surface area contributed by atoms with E-state index in [-0.39, 0.29) is 0 Å². The molecular weight excluding hydrogens is 112 g/mol. The number of carbonyl (C=O) groups is 1. The summed E-state index contributed by atoms with van der Waals surface area (Å²) >= 11 is 0. The molecule has 0 aliphatic carbocycles. The van der Waals surface area contributed by atoms with Crippen molar-refractivity contribution in [2.75, 3.05) is 0 Å². The van der Waals surface area contributed by atoms with E-state index in [1.54, 1.807) is 0 Å². The maximum Gasteiger partial charge on any atom is 0.503 e. The predicted molar refractivity (Wildman–Crippen MR) is 24.0 cm³/mol. The number of nitrogens with zero attached hydrogens (tertiary/aromatic N) is 2. The molecule has 0 unspecified atom stereocenters. The minimum Gasteiger partial charge on any atom is -0.450 e. The van der Waals surface area contributed by atoms with Gasteiger partial charge in [0.15, 0.2) is 0 Å². The van der Waals surface area contributed by atoms with Crippen LogP contribution in [0.4, 0.5) is 4.79 Å². The van der Waals surface area contributed by atoms with Gasteiger partial charge in [0, 0.05) is 13.1 Å². The average molecular weight is 116 g/mol. The molecule has 44 valence electrons. The highest BCUT2D eigenvalue weighted by atomic mass is 16.6. The lowest BCUT2D eigenvalue weighted by molar-refractivity contribution is 0.137. The Morgan fingerprint density at radius 2 is 1.12 bits per heavy atom. The average Bonchev–Trinajstić information content (AvgIpc) is 1.75. The molecule has 0 aliphatic rings. The molecule has 0 aromatic carbocycles. The number of rotatable bonds is 0. The Labute approximate surface area is 46.0 Å². The van der Waals surface area contributed by atoms with Crippen LogP contribution in [0.2, 0.25) is 0 Å². The Kier molecular flexibility index (Phi) is 124. The summed E-state index contributed by atoms with van der Waals surface area (Å²) in [6.07, 6.45) is -1.83. The van der Waals surface area contributed by atoms with E-state index in [0.717, 1.165) is 0 Å². The van der Waals surface area contributed by atoms with Crippen LogP contribution in [0.15, 0.2) is 0 Å². The SMILES string of the molecule is C#N.C#N.O=C(O)O. The minimum absolute atomic E-state index is 1.83. The molecule has 0 radical (unpaired) electrons. The van der Waals surface area contributed by atoms with Crippen molar-refractivity contribution in [3.8, 4) is 13.1 Å². The Hall–Kier alpha value is -1.75. The topological polar surface area (TPSA) is 105 Å². The van der Waals surface area contributed by atoms with Gasteiger partial charge in [-0.15, -0.1) is 0 Å². The van der Waals surface area contributed by atoms with E-state index in [4.69, 9.17) is 25.5 Å². The van der Waals surface area contributed by atoms with Gasteiger partial charge in [-0.25, -0.2) is 15.3 Å². The highest BCUT2D eigenvalue weighted by molar-refractivity contribution is 5.53. The Morgan fingerprint density at radius 3 is 1.12 bits per heavy atom. The van der Waals surface area contributed by atoms with E-state index >= 15 is 0 Å². The van der Waals surface area contributed by atoms with E-state index < -0.39 is 6.16 Å². The van der Waals surface area contributed by atoms with Crippen molar-refractivity contribution in [3.05, 3.63) is 0 Å². The zero-order valence-corrected chi connectivity index (χ0v) is 3.85. The first-order valence-electron chi connectivity index (χ1n) is 1.17. The van der Waals surface area contributed by atoms with Gasteiger partial charge in [-0.05, 0) is 0 Å². The van der Waals surface area contributed by atoms with Crippen molar-refractivity contribution in [2.45, 2.75) is 0 Å². The summed E-state index contributed by atoms with van der Waals surface area (Å²) in [5.41, 5.74) is 0. The number of nitriles is 2. The van der Waals surface area contributed by atoms with Crippen LogP contribution in [0.25, 0.3) is 0 Å². The van der Waals surface area contributed by atoms with Crippen LogP contribution in [0.3, 0.4) is 0 Å². The van der Waals surface area contributed by atoms with E-state index in [2.05, 4.69) is 13.1 Å². The molecule has 0 aromatic rings. The summed E-state index contributed by atoms with van der Waals surface area (Å²) in [6.45, 7) is 7.00. The lowest BCUT2D eigenvalue weighted by Gasteiger charge is -1.60. The van der Waals surface area contributed by atoms with Crippen LogP contribution in [0.5, 0.6) is 0 Å². The largest absolute Gasteiger partial charge is 0.503 e. The molecule has 0 fully saturated rings. The van der Waals surface area contributed by atoms with Gasteiger partial charge in [-0.1, -0.05) is 0 Å². The van der Waals surface area contributed by atoms with Crippen molar-refractivity contribution in [1.82, 2.24) is 0 Å². The highest BCUT2D eigenvalue weighted by Crippen LogP contribution is 1.42. The second-order valence-electron chi connectivity index (χ2n) is 0.283. The molecule has 5 heteroatoms. The molecule has 0 bridgehead atoms. The Morgan fingerprint density at radius 1 is 1.12 bits per heavy atom. The molecule has 0 aromatic heterocycles. The molecule has 0 saturated heterocycles. The molecule has 0 saturated carbocycles. The Balaban J connectivity index is -0.0000000542. The standard InChI is InChI=1S/2CHN.CH2O3/c2*1-2;2-1(3)4/h2*1H;(H2,2,3,4). The zero-order valence-electron chi connectivity index (χ0n) is 3.85. The minimum atomic E-state index is -1.83. The maximum atomic E-state index is 8.56. The van der Waals surface area contributed by atoms with Gasteiger partial charge in [0.05, 0.1) is 0 Å². The van der Waals surface area contributed by atoms with Crippen LogP contribution in [0, 0.1) is 23.7 Å². The first-order chi connectivity index (χ1) is 3.73. The highest BCUT2D eigenvalue weighted by Gasteiger charge is 1.70. The van der Waals surface area contributed by atoms with Crippen molar-refractivity contribution in [3.63, 3.8) is 0 Å². The number of hydrogen-bond acceptors (Lipinski definition) is 3. The molecule has 0 rings (SSSR count). The van der Waals surface area contributed by atoms with Gasteiger partial charge in [-0.2, -0.15) is 0 Å². The summed E-state index contributed by atoms with van der Waals surface area (Å²) < 4.78 is 0. The zero-order chi connectivity index (χ0) is 7.58. The third-order valence-corrected chi connectivity index (χ3v) is 0. The third-order valence-electron chi connectivity index (χ3n) is 0. The molecule has 0 aliphatic heterocycles. The summed E-state index contributed by atoms with van der Waals surface area (Å²) in [6, 6.07) is 0. The van der Waals surface area contributed by atoms with Gasteiger partial charge < -0.3 is 10.2 Å². The molecule has 0 amide bonds. The van der Waals surface area contributed by atoms with Crippen LogP contribution >= 0.6 is 0 Å². The predicted octanol–water partition coefficient (Wildman–Crippen LogP) is 0.502. The lowest BCUT2D eigenvalue weighted by atomic mass is 11.5. The summed E-state index contributed by atoms with van der Waals surface area (Å²) in [5, 5.41) is 26.9. The fourth-order valence-corrected chi connectivity index (χ4v) is 0. The van der Waals surface area contributed by atoms with E-state index in [0.29, 0.717) is 0 Å². The van der Waals surface area contributed by atoms with E-state index in [9.17, 15) is 0 Å². The number of hydrogen-bond donors (Lipinski definition) is 2. The second kappa shape index (κ2) is 60.7. The molecule has 2 N–H and O–H groups in total. The van der Waals surface area contributed by atoms with Crippen molar-refractivity contribution >= 4 is 6.16 Å². The van der Waals surface area contributed by atoms with Gasteiger partial charge >= 0.3 is 6.16 Å². The second-order valence-corrected chi connectivity index (χ2v) is 0.283. The van der Waals surface area contributed by atoms with Crippen LogP contribution in [0.1, 0.15) is 0 Å². The van der Waals surface area contributed by atoms with Crippen molar-refractivity contribution < 1.29 is 15.0 Å². The Bertz CT molecular complexity index is 75.0. The van der Waals surface area contributed by atoms with Crippen LogP contribution in [-0.2, 0) is 0 Å². The van der Waals surface area contributed by atoms with Gasteiger partial charge in [0.1, 0.15) is 0 Å². The van der Waals surface area contributed by atoms with Crippen molar-refractivity contribution in [1.29, 1.82) is 10.5 Å². The van der Waals surface area contributed by atoms with Gasteiger partial charge in [0.25, 0.3) is 0 Å². The number of carboxylic acid groups (broad SMARTS) is 2. The molecule has 0 atom stereocenters.